The minimum absolute atomic E-state index is 0.106. The van der Waals surface area contributed by atoms with Gasteiger partial charge in [-0.05, 0) is 38.6 Å². The van der Waals surface area contributed by atoms with E-state index in [0.717, 1.165) is 38.8 Å². The zero-order chi connectivity index (χ0) is 14.9. The summed E-state index contributed by atoms with van der Waals surface area (Å²) in [6.45, 7) is 1.61. The molecule has 3 rings (SSSR count). The maximum absolute atomic E-state index is 13.3. The zero-order valence-corrected chi connectivity index (χ0v) is 11.8. The highest BCUT2D eigenvalue weighted by atomic mass is 19.4. The van der Waals surface area contributed by atoms with Crippen LogP contribution in [0.15, 0.2) is 0 Å². The Morgan fingerprint density at radius 2 is 1.90 bits per heavy atom. The molecule has 0 saturated carbocycles. The number of aryl methyl sites for hydroxylation is 1. The van der Waals surface area contributed by atoms with Crippen LogP contribution in [-0.2, 0) is 19.0 Å². The zero-order valence-electron chi connectivity index (χ0n) is 11.8. The number of alkyl halides is 3. The fraction of sp³-hybridized carbons (Fsp3) is 0.714. The Hall–Kier alpha value is -1.37. The van der Waals surface area contributed by atoms with Gasteiger partial charge in [-0.1, -0.05) is 6.42 Å². The molecule has 0 amide bonds. The summed E-state index contributed by atoms with van der Waals surface area (Å²) in [5.74, 6) is 0.122. The van der Waals surface area contributed by atoms with Crippen molar-refractivity contribution in [2.45, 2.75) is 50.7 Å². The number of hydrogen-bond donors (Lipinski definition) is 2. The van der Waals surface area contributed by atoms with Crippen LogP contribution in [0.4, 0.5) is 19.1 Å². The molecule has 0 aromatic carbocycles. The van der Waals surface area contributed by atoms with Crippen LogP contribution >= 0.6 is 0 Å². The van der Waals surface area contributed by atoms with E-state index >= 15 is 0 Å². The summed E-state index contributed by atoms with van der Waals surface area (Å²) >= 11 is 0. The van der Waals surface area contributed by atoms with Crippen molar-refractivity contribution < 1.29 is 13.2 Å². The Morgan fingerprint density at radius 1 is 1.10 bits per heavy atom. The Balaban J connectivity index is 1.96. The number of fused-ring (bicyclic) bond motifs is 1. The van der Waals surface area contributed by atoms with Crippen molar-refractivity contribution in [3.05, 3.63) is 17.0 Å². The molecular formula is C14H19F3N4. The van der Waals surface area contributed by atoms with Gasteiger partial charge in [0.2, 0.25) is 5.95 Å². The summed E-state index contributed by atoms with van der Waals surface area (Å²) < 4.78 is 39.8. The number of halogens is 3. The van der Waals surface area contributed by atoms with Crippen LogP contribution in [-0.4, -0.2) is 29.1 Å². The van der Waals surface area contributed by atoms with Crippen molar-refractivity contribution in [2.24, 2.45) is 0 Å². The second kappa shape index (κ2) is 5.79. The van der Waals surface area contributed by atoms with Crippen LogP contribution in [0.5, 0.6) is 0 Å². The predicted octanol–water partition coefficient (Wildman–Crippen LogP) is 2.54. The summed E-state index contributed by atoms with van der Waals surface area (Å²) in [7, 11) is 0. The van der Waals surface area contributed by atoms with E-state index in [1.807, 2.05) is 0 Å². The number of aromatic nitrogens is 2. The predicted molar refractivity (Wildman–Crippen MR) is 73.2 cm³/mol. The van der Waals surface area contributed by atoms with Crippen LogP contribution in [0.3, 0.4) is 0 Å². The van der Waals surface area contributed by atoms with Gasteiger partial charge in [-0.3, -0.25) is 0 Å². The molecule has 1 fully saturated rings. The van der Waals surface area contributed by atoms with Crippen molar-refractivity contribution in [2.75, 3.05) is 18.4 Å². The van der Waals surface area contributed by atoms with Gasteiger partial charge in [-0.25, -0.2) is 9.97 Å². The monoisotopic (exact) mass is 300 g/mol. The van der Waals surface area contributed by atoms with Crippen molar-refractivity contribution in [3.63, 3.8) is 0 Å². The molecule has 1 aromatic heterocycles. The molecule has 1 unspecified atom stereocenters. The molecule has 1 aliphatic carbocycles. The number of nitrogens with one attached hydrogen (secondary N) is 2. The van der Waals surface area contributed by atoms with E-state index in [2.05, 4.69) is 20.6 Å². The van der Waals surface area contributed by atoms with Gasteiger partial charge in [0.25, 0.3) is 0 Å². The lowest BCUT2D eigenvalue weighted by molar-refractivity contribution is -0.141. The smallest absolute Gasteiger partial charge is 0.350 e. The van der Waals surface area contributed by atoms with E-state index in [9.17, 15) is 13.2 Å². The van der Waals surface area contributed by atoms with Gasteiger partial charge in [0.15, 0.2) is 5.69 Å². The first-order valence-corrected chi connectivity index (χ1v) is 7.48. The Morgan fingerprint density at radius 3 is 2.62 bits per heavy atom. The average Bonchev–Trinajstić information content (AvgIpc) is 2.80. The first-order chi connectivity index (χ1) is 10.0. The molecule has 21 heavy (non-hydrogen) atoms. The second-order valence-corrected chi connectivity index (χ2v) is 5.71. The van der Waals surface area contributed by atoms with Gasteiger partial charge in [-0.15, -0.1) is 0 Å². The van der Waals surface area contributed by atoms with E-state index < -0.39 is 11.9 Å². The SMILES string of the molecule is FC(F)(F)c1nc(NC2CCNC2)nc2c1CCCCC2. The summed E-state index contributed by atoms with van der Waals surface area (Å²) in [5.41, 5.74) is 0.126. The molecule has 0 radical (unpaired) electrons. The molecule has 7 heteroatoms. The number of hydrogen-bond acceptors (Lipinski definition) is 4. The van der Waals surface area contributed by atoms with Crippen LogP contribution in [0.1, 0.15) is 42.6 Å². The number of rotatable bonds is 2. The lowest BCUT2D eigenvalue weighted by atomic mass is 10.1. The van der Waals surface area contributed by atoms with Crippen LogP contribution < -0.4 is 10.6 Å². The van der Waals surface area contributed by atoms with Crippen molar-refractivity contribution >= 4 is 5.95 Å². The first kappa shape index (κ1) is 14.6. The largest absolute Gasteiger partial charge is 0.433 e. The molecule has 2 aliphatic rings. The summed E-state index contributed by atoms with van der Waals surface area (Å²) in [6.07, 6.45) is 0.116. The number of anilines is 1. The molecule has 2 N–H and O–H groups in total. The Labute approximate surface area is 121 Å². The maximum atomic E-state index is 13.3. The molecule has 1 saturated heterocycles. The van der Waals surface area contributed by atoms with Gasteiger partial charge in [0.1, 0.15) is 0 Å². The average molecular weight is 300 g/mol. The maximum Gasteiger partial charge on any atom is 0.433 e. The van der Waals surface area contributed by atoms with E-state index in [-0.39, 0.29) is 12.0 Å². The van der Waals surface area contributed by atoms with Gasteiger partial charge in [0, 0.05) is 23.8 Å². The van der Waals surface area contributed by atoms with E-state index in [1.54, 1.807) is 0 Å². The Kier molecular flexibility index (Phi) is 4.01. The lowest BCUT2D eigenvalue weighted by Gasteiger charge is -2.18. The summed E-state index contributed by atoms with van der Waals surface area (Å²) in [5, 5.41) is 6.21. The molecule has 1 aliphatic heterocycles. The standard InChI is InChI=1S/C14H19F3N4/c15-14(16,17)12-10-4-2-1-3-5-11(10)20-13(21-12)19-9-6-7-18-8-9/h9,18H,1-8H2,(H,19,20,21). The van der Waals surface area contributed by atoms with E-state index in [1.165, 1.54) is 0 Å². The minimum Gasteiger partial charge on any atom is -0.350 e. The third-order valence-corrected chi connectivity index (χ3v) is 4.10. The highest BCUT2D eigenvalue weighted by Gasteiger charge is 2.37. The number of nitrogens with zero attached hydrogens (tertiary/aromatic N) is 2. The third-order valence-electron chi connectivity index (χ3n) is 4.10. The molecule has 1 atom stereocenters. The van der Waals surface area contributed by atoms with Gasteiger partial charge in [0.05, 0.1) is 0 Å². The quantitative estimate of drug-likeness (QED) is 0.824. The Bertz CT molecular complexity index is 510. The summed E-state index contributed by atoms with van der Waals surface area (Å²) in [4.78, 5) is 8.15. The third kappa shape index (κ3) is 3.28. The highest BCUT2D eigenvalue weighted by Crippen LogP contribution is 2.34. The molecule has 1 aromatic rings. The van der Waals surface area contributed by atoms with Crippen molar-refractivity contribution in [3.8, 4) is 0 Å². The van der Waals surface area contributed by atoms with E-state index in [4.69, 9.17) is 0 Å². The summed E-state index contributed by atoms with van der Waals surface area (Å²) in [6, 6.07) is 0.106. The topological polar surface area (TPSA) is 49.8 Å². The lowest BCUT2D eigenvalue weighted by Crippen LogP contribution is -2.25. The highest BCUT2D eigenvalue weighted by molar-refractivity contribution is 5.38. The van der Waals surface area contributed by atoms with Crippen LogP contribution in [0, 0.1) is 0 Å². The first-order valence-electron chi connectivity index (χ1n) is 7.48. The molecule has 0 spiro atoms. The van der Waals surface area contributed by atoms with Crippen LogP contribution in [0.2, 0.25) is 0 Å². The van der Waals surface area contributed by atoms with Crippen LogP contribution in [0.25, 0.3) is 0 Å². The second-order valence-electron chi connectivity index (χ2n) is 5.71. The van der Waals surface area contributed by atoms with Gasteiger partial charge < -0.3 is 10.6 Å². The molecule has 4 nitrogen and oxygen atoms in total. The minimum atomic E-state index is -4.41. The molecule has 116 valence electrons. The van der Waals surface area contributed by atoms with Gasteiger partial charge in [-0.2, -0.15) is 13.2 Å². The van der Waals surface area contributed by atoms with Crippen molar-refractivity contribution in [1.82, 2.24) is 15.3 Å². The molecule has 0 bridgehead atoms. The fourth-order valence-electron chi connectivity index (χ4n) is 3.03. The normalized spacial score (nSPS) is 22.7. The molecule has 2 heterocycles. The van der Waals surface area contributed by atoms with Gasteiger partial charge >= 0.3 is 6.18 Å². The fourth-order valence-corrected chi connectivity index (χ4v) is 3.03. The molecular weight excluding hydrogens is 281 g/mol. The van der Waals surface area contributed by atoms with Crippen molar-refractivity contribution in [1.29, 1.82) is 0 Å². The van der Waals surface area contributed by atoms with E-state index in [0.29, 0.717) is 24.1 Å².